The lowest BCUT2D eigenvalue weighted by Crippen LogP contribution is -2.10. The van der Waals surface area contributed by atoms with Gasteiger partial charge in [0.1, 0.15) is 6.07 Å². The first-order valence-electron chi connectivity index (χ1n) is 20.9. The number of hydrogen-bond donors (Lipinski definition) is 0. The summed E-state index contributed by atoms with van der Waals surface area (Å²) in [7, 11) is 0. The summed E-state index contributed by atoms with van der Waals surface area (Å²) in [4.78, 5) is 3.96. The normalized spacial score (nSPS) is 12.4. The van der Waals surface area contributed by atoms with Crippen LogP contribution < -0.4 is 0 Å². The van der Waals surface area contributed by atoms with Gasteiger partial charge in [-0.25, -0.2) is 4.85 Å². The molecule has 11 aromatic rings. The zero-order valence-electron chi connectivity index (χ0n) is 35.2. The fourth-order valence-electron chi connectivity index (χ4n) is 9.73. The summed E-state index contributed by atoms with van der Waals surface area (Å²) in [6.45, 7) is 21.8. The van der Waals surface area contributed by atoms with Gasteiger partial charge in [-0.05, 0) is 106 Å². The molecule has 0 unspecified atom stereocenters. The van der Waals surface area contributed by atoms with Crippen LogP contribution >= 0.6 is 0 Å². The molecule has 11 rings (SSSR count). The van der Waals surface area contributed by atoms with Gasteiger partial charge in [0.05, 0.1) is 56.6 Å². The van der Waals surface area contributed by atoms with Crippen molar-refractivity contribution in [2.24, 2.45) is 0 Å². The molecule has 0 amide bonds. The molecule has 5 heteroatoms. The van der Waals surface area contributed by atoms with Crippen LogP contribution in [0.25, 0.3) is 98.1 Å². The Morgan fingerprint density at radius 1 is 0.475 bits per heavy atom. The molecule has 61 heavy (non-hydrogen) atoms. The molecule has 0 saturated heterocycles. The predicted molar refractivity (Wildman–Crippen MR) is 255 cm³/mol. The van der Waals surface area contributed by atoms with Crippen molar-refractivity contribution in [2.45, 2.75) is 52.4 Å². The Kier molecular flexibility index (Phi) is 7.74. The number of fused-ring (bicyclic) bond motifs is 11. The number of nitriles is 1. The van der Waals surface area contributed by atoms with Gasteiger partial charge < -0.3 is 13.7 Å². The molecule has 292 valence electrons. The molecule has 0 aliphatic heterocycles. The van der Waals surface area contributed by atoms with Gasteiger partial charge in [0, 0.05) is 38.0 Å². The smallest absolute Gasteiger partial charge is 0.190 e. The first kappa shape index (κ1) is 36.5. The first-order valence-corrected chi connectivity index (χ1v) is 20.9. The third kappa shape index (κ3) is 5.37. The maximum atomic E-state index is 11.1. The Bertz CT molecular complexity index is 3620. The number of hydrogen-bond acceptors (Lipinski definition) is 1. The summed E-state index contributed by atoms with van der Waals surface area (Å²) >= 11 is 0. The number of aromatic nitrogens is 3. The van der Waals surface area contributed by atoms with Crippen LogP contribution in [0, 0.1) is 17.9 Å². The molecule has 0 atom stereocenters. The molecular weight excluding hydrogens is 743 g/mol. The maximum absolute atomic E-state index is 11.1. The topological polar surface area (TPSA) is 42.9 Å². The van der Waals surface area contributed by atoms with E-state index >= 15 is 0 Å². The Labute approximate surface area is 354 Å². The fourth-order valence-corrected chi connectivity index (χ4v) is 9.73. The first-order chi connectivity index (χ1) is 29.4. The van der Waals surface area contributed by atoms with Crippen LogP contribution in [0.1, 0.15) is 58.2 Å². The van der Waals surface area contributed by atoms with E-state index in [1.165, 1.54) is 21.9 Å². The number of rotatable bonds is 3. The second kappa shape index (κ2) is 12.9. The van der Waals surface area contributed by atoms with Gasteiger partial charge in [-0.2, -0.15) is 5.26 Å². The number of benzene rings is 8. The van der Waals surface area contributed by atoms with Crippen molar-refractivity contribution >= 4 is 81.9 Å². The van der Waals surface area contributed by atoms with Crippen molar-refractivity contribution in [3.05, 3.63) is 180 Å². The quantitative estimate of drug-likeness (QED) is 0.165. The monoisotopic (exact) mass is 785 g/mol. The van der Waals surface area contributed by atoms with E-state index in [9.17, 15) is 5.26 Å². The van der Waals surface area contributed by atoms with E-state index in [1.807, 2.05) is 6.07 Å². The van der Waals surface area contributed by atoms with Crippen LogP contribution in [0.5, 0.6) is 0 Å². The van der Waals surface area contributed by atoms with Crippen LogP contribution in [-0.4, -0.2) is 13.7 Å². The summed E-state index contributed by atoms with van der Waals surface area (Å²) in [5.74, 6) is 0. The fraction of sp³-hybridized carbons (Fsp3) is 0.143. The Morgan fingerprint density at radius 3 is 1.59 bits per heavy atom. The molecule has 0 aliphatic rings. The summed E-state index contributed by atoms with van der Waals surface area (Å²) < 4.78 is 6.94. The minimum Gasteiger partial charge on any atom is -0.309 e. The van der Waals surface area contributed by atoms with E-state index < -0.39 is 0 Å². The Balaban J connectivity index is 1.29. The summed E-state index contributed by atoms with van der Waals surface area (Å²) in [5.41, 5.74) is 12.2. The molecule has 8 aromatic carbocycles. The summed E-state index contributed by atoms with van der Waals surface area (Å²) in [5, 5.41) is 20.3. The van der Waals surface area contributed by atoms with Gasteiger partial charge in [0.2, 0.25) is 0 Å². The largest absolute Gasteiger partial charge is 0.309 e. The molecule has 0 spiro atoms. The molecule has 3 aromatic heterocycles. The maximum Gasteiger partial charge on any atom is 0.190 e. The van der Waals surface area contributed by atoms with Gasteiger partial charge >= 0.3 is 0 Å². The molecule has 3 heterocycles. The highest BCUT2D eigenvalue weighted by molar-refractivity contribution is 6.22. The minimum absolute atomic E-state index is 0.0612. The number of para-hydroxylation sites is 2. The van der Waals surface area contributed by atoms with E-state index in [0.717, 1.165) is 82.5 Å². The third-order valence-corrected chi connectivity index (χ3v) is 12.8. The van der Waals surface area contributed by atoms with Gasteiger partial charge in [-0.1, -0.05) is 120 Å². The van der Waals surface area contributed by atoms with Crippen molar-refractivity contribution in [1.82, 2.24) is 13.7 Å². The van der Waals surface area contributed by atoms with Crippen molar-refractivity contribution in [3.8, 4) is 23.1 Å². The zero-order valence-corrected chi connectivity index (χ0v) is 35.2. The van der Waals surface area contributed by atoms with Gasteiger partial charge in [-0.3, -0.25) is 0 Å². The van der Waals surface area contributed by atoms with Crippen molar-refractivity contribution < 1.29 is 0 Å². The standard InChI is InChI=1S/C56H43N5/c1-55(2,3)36-21-25-48-43(29-36)44-30-37(56(4,5)6)22-26-49(44)61(48)54-35(33-57)28-38(58-7)31-52(54)60-50-27-23-39(32-45(50)53-40-15-9-8-14-34(40)20-24-51(53)60)59-46-18-12-10-16-41(46)42-17-11-13-19-47(42)59/h8-32H,1-6H3. The highest BCUT2D eigenvalue weighted by Crippen LogP contribution is 2.45. The molecule has 0 N–H and O–H groups in total. The zero-order chi connectivity index (χ0) is 41.9. The highest BCUT2D eigenvalue weighted by atomic mass is 15.1. The van der Waals surface area contributed by atoms with Crippen molar-refractivity contribution in [2.75, 3.05) is 0 Å². The average molecular weight is 786 g/mol. The van der Waals surface area contributed by atoms with Crippen LogP contribution in [-0.2, 0) is 10.8 Å². The van der Waals surface area contributed by atoms with Crippen molar-refractivity contribution in [3.63, 3.8) is 0 Å². The minimum atomic E-state index is -0.0612. The van der Waals surface area contributed by atoms with Gasteiger partial charge in [0.15, 0.2) is 5.69 Å². The van der Waals surface area contributed by atoms with E-state index in [-0.39, 0.29) is 10.8 Å². The van der Waals surface area contributed by atoms with Gasteiger partial charge in [-0.15, -0.1) is 0 Å². The summed E-state index contributed by atoms with van der Waals surface area (Å²) in [6, 6.07) is 56.8. The lowest BCUT2D eigenvalue weighted by atomic mass is 9.85. The van der Waals surface area contributed by atoms with Crippen LogP contribution in [0.4, 0.5) is 5.69 Å². The van der Waals surface area contributed by atoms with Crippen LogP contribution in [0.2, 0.25) is 0 Å². The average Bonchev–Trinajstić information content (AvgIpc) is 3.90. The second-order valence-corrected chi connectivity index (χ2v) is 18.5. The molecule has 0 radical (unpaired) electrons. The van der Waals surface area contributed by atoms with E-state index in [1.54, 1.807) is 6.07 Å². The Morgan fingerprint density at radius 2 is 1.00 bits per heavy atom. The molecule has 0 aliphatic carbocycles. The van der Waals surface area contributed by atoms with Crippen LogP contribution in [0.3, 0.4) is 0 Å². The predicted octanol–water partition coefficient (Wildman–Crippen LogP) is 15.1. The van der Waals surface area contributed by atoms with Crippen LogP contribution in [0.15, 0.2) is 152 Å². The lowest BCUT2D eigenvalue weighted by molar-refractivity contribution is 0.590. The van der Waals surface area contributed by atoms with E-state index in [2.05, 4.69) is 206 Å². The molecule has 0 fully saturated rings. The lowest BCUT2D eigenvalue weighted by Gasteiger charge is -2.21. The van der Waals surface area contributed by atoms with Crippen molar-refractivity contribution in [1.29, 1.82) is 5.26 Å². The number of nitrogens with zero attached hydrogens (tertiary/aromatic N) is 5. The second-order valence-electron chi connectivity index (χ2n) is 18.5. The molecule has 0 saturated carbocycles. The Hall–Kier alpha value is -7.60. The SMILES string of the molecule is [C-]#[N+]c1cc(C#N)c(-n2c3ccc(C(C)(C)C)cc3c3cc(C(C)(C)C)ccc32)c(-n2c3ccc(-n4c5ccccc5c5ccccc54)cc3c3c4ccccc4ccc32)c1. The van der Waals surface area contributed by atoms with E-state index in [4.69, 9.17) is 6.57 Å². The molecule has 0 bridgehead atoms. The van der Waals surface area contributed by atoms with Gasteiger partial charge in [0.25, 0.3) is 0 Å². The summed E-state index contributed by atoms with van der Waals surface area (Å²) in [6.07, 6.45) is 0. The molecular formula is C56H43N5. The highest BCUT2D eigenvalue weighted by Gasteiger charge is 2.26. The third-order valence-electron chi connectivity index (χ3n) is 12.8. The van der Waals surface area contributed by atoms with E-state index in [0.29, 0.717) is 11.3 Å². The molecule has 5 nitrogen and oxygen atoms in total.